The SMILES string of the molecule is CCCC1CC(C)C(C)C(C)C1. The number of rotatable bonds is 2. The zero-order valence-corrected chi connectivity index (χ0v) is 9.14. The van der Waals surface area contributed by atoms with Gasteiger partial charge in [0.1, 0.15) is 0 Å². The van der Waals surface area contributed by atoms with Crippen molar-refractivity contribution in [2.75, 3.05) is 0 Å². The molecule has 1 fully saturated rings. The van der Waals surface area contributed by atoms with Crippen LogP contribution in [0, 0.1) is 23.7 Å². The normalized spacial score (nSPS) is 43.0. The Morgan fingerprint density at radius 1 is 1.00 bits per heavy atom. The minimum atomic E-state index is 0.957. The summed E-state index contributed by atoms with van der Waals surface area (Å²) in [4.78, 5) is 0. The highest BCUT2D eigenvalue weighted by molar-refractivity contribution is 4.79. The first-order valence-electron chi connectivity index (χ1n) is 5.65. The van der Waals surface area contributed by atoms with Gasteiger partial charge in [-0.15, -0.1) is 0 Å². The maximum atomic E-state index is 2.43. The topological polar surface area (TPSA) is 0 Å². The van der Waals surface area contributed by atoms with E-state index in [9.17, 15) is 0 Å². The Morgan fingerprint density at radius 2 is 1.50 bits per heavy atom. The quantitative estimate of drug-likeness (QED) is 0.582. The predicted octanol–water partition coefficient (Wildman–Crippen LogP) is 4.10. The monoisotopic (exact) mass is 168 g/mol. The van der Waals surface area contributed by atoms with E-state index >= 15 is 0 Å². The van der Waals surface area contributed by atoms with Crippen LogP contribution in [-0.4, -0.2) is 0 Å². The average molecular weight is 168 g/mol. The van der Waals surface area contributed by atoms with E-state index < -0.39 is 0 Å². The second-order valence-electron chi connectivity index (χ2n) is 4.94. The molecule has 0 amide bonds. The second kappa shape index (κ2) is 4.30. The highest BCUT2D eigenvalue weighted by Crippen LogP contribution is 2.39. The molecule has 1 rings (SSSR count). The molecule has 2 unspecified atom stereocenters. The van der Waals surface area contributed by atoms with Gasteiger partial charge in [0, 0.05) is 0 Å². The maximum Gasteiger partial charge on any atom is -0.0391 e. The van der Waals surface area contributed by atoms with Gasteiger partial charge >= 0.3 is 0 Å². The van der Waals surface area contributed by atoms with Crippen LogP contribution < -0.4 is 0 Å². The third-order valence-electron chi connectivity index (χ3n) is 3.90. The number of hydrogen-bond donors (Lipinski definition) is 0. The molecule has 0 saturated heterocycles. The fourth-order valence-corrected chi connectivity index (χ4v) is 2.78. The summed E-state index contributed by atoms with van der Waals surface area (Å²) in [5.74, 6) is 3.92. The van der Waals surface area contributed by atoms with Crippen molar-refractivity contribution >= 4 is 0 Å². The van der Waals surface area contributed by atoms with E-state index in [2.05, 4.69) is 27.7 Å². The molecule has 0 aromatic carbocycles. The molecular weight excluding hydrogens is 144 g/mol. The van der Waals surface area contributed by atoms with Gasteiger partial charge in [-0.05, 0) is 36.5 Å². The molecule has 0 radical (unpaired) electrons. The highest BCUT2D eigenvalue weighted by Gasteiger charge is 2.29. The summed E-state index contributed by atoms with van der Waals surface area (Å²) in [7, 11) is 0. The van der Waals surface area contributed by atoms with E-state index in [1.165, 1.54) is 25.7 Å². The first kappa shape index (κ1) is 10.1. The van der Waals surface area contributed by atoms with Crippen molar-refractivity contribution in [3.8, 4) is 0 Å². The molecule has 1 aliphatic carbocycles. The van der Waals surface area contributed by atoms with Gasteiger partial charge in [0.15, 0.2) is 0 Å². The van der Waals surface area contributed by atoms with Crippen molar-refractivity contribution in [3.63, 3.8) is 0 Å². The molecular formula is C12H24. The summed E-state index contributed by atoms with van der Waals surface area (Å²) >= 11 is 0. The van der Waals surface area contributed by atoms with Crippen LogP contribution in [0.3, 0.4) is 0 Å². The lowest BCUT2D eigenvalue weighted by Crippen LogP contribution is -2.27. The van der Waals surface area contributed by atoms with Crippen molar-refractivity contribution < 1.29 is 0 Å². The fourth-order valence-electron chi connectivity index (χ4n) is 2.78. The van der Waals surface area contributed by atoms with Gasteiger partial charge in [0.2, 0.25) is 0 Å². The van der Waals surface area contributed by atoms with Crippen molar-refractivity contribution in [2.24, 2.45) is 23.7 Å². The van der Waals surface area contributed by atoms with Gasteiger partial charge in [-0.25, -0.2) is 0 Å². The lowest BCUT2D eigenvalue weighted by molar-refractivity contribution is 0.135. The second-order valence-corrected chi connectivity index (χ2v) is 4.94. The summed E-state index contributed by atoms with van der Waals surface area (Å²) in [5.41, 5.74) is 0. The molecule has 0 N–H and O–H groups in total. The molecule has 1 aliphatic rings. The Kier molecular flexibility index (Phi) is 3.61. The zero-order valence-electron chi connectivity index (χ0n) is 9.14. The summed E-state index contributed by atoms with van der Waals surface area (Å²) in [5, 5.41) is 0. The molecule has 0 aliphatic heterocycles. The first-order chi connectivity index (χ1) is 5.65. The van der Waals surface area contributed by atoms with Gasteiger partial charge in [-0.1, -0.05) is 40.5 Å². The minimum Gasteiger partial charge on any atom is -0.0654 e. The molecule has 1 saturated carbocycles. The summed E-state index contributed by atoms with van der Waals surface area (Å²) < 4.78 is 0. The standard InChI is InChI=1S/C12H24/c1-5-6-12-7-9(2)11(4)10(3)8-12/h9-12H,5-8H2,1-4H3. The van der Waals surface area contributed by atoms with E-state index in [-0.39, 0.29) is 0 Å². The molecule has 0 aromatic rings. The van der Waals surface area contributed by atoms with Crippen LogP contribution in [0.4, 0.5) is 0 Å². The van der Waals surface area contributed by atoms with Crippen LogP contribution in [0.25, 0.3) is 0 Å². The van der Waals surface area contributed by atoms with Crippen LogP contribution in [0.2, 0.25) is 0 Å². The van der Waals surface area contributed by atoms with Crippen LogP contribution in [0.1, 0.15) is 53.4 Å². The Bertz CT molecular complexity index is 116. The van der Waals surface area contributed by atoms with Crippen LogP contribution in [0.15, 0.2) is 0 Å². The third kappa shape index (κ3) is 2.24. The molecule has 0 spiro atoms. The van der Waals surface area contributed by atoms with Crippen molar-refractivity contribution in [1.82, 2.24) is 0 Å². The van der Waals surface area contributed by atoms with E-state index in [0.29, 0.717) is 0 Å². The summed E-state index contributed by atoms with van der Waals surface area (Å²) in [6, 6.07) is 0. The van der Waals surface area contributed by atoms with Gasteiger partial charge in [0.05, 0.1) is 0 Å². The molecule has 0 heterocycles. The minimum absolute atomic E-state index is 0.957. The molecule has 0 heteroatoms. The first-order valence-corrected chi connectivity index (χ1v) is 5.65. The van der Waals surface area contributed by atoms with Crippen molar-refractivity contribution in [3.05, 3.63) is 0 Å². The smallest absolute Gasteiger partial charge is 0.0391 e. The van der Waals surface area contributed by atoms with Gasteiger partial charge < -0.3 is 0 Å². The van der Waals surface area contributed by atoms with E-state index in [1.54, 1.807) is 0 Å². The Balaban J connectivity index is 2.42. The fraction of sp³-hybridized carbons (Fsp3) is 1.00. The third-order valence-corrected chi connectivity index (χ3v) is 3.90. The lowest BCUT2D eigenvalue weighted by Gasteiger charge is -2.37. The Labute approximate surface area is 77.7 Å². The number of hydrogen-bond acceptors (Lipinski definition) is 0. The molecule has 0 aromatic heterocycles. The highest BCUT2D eigenvalue weighted by atomic mass is 14.3. The van der Waals surface area contributed by atoms with Gasteiger partial charge in [-0.2, -0.15) is 0 Å². The van der Waals surface area contributed by atoms with E-state index in [4.69, 9.17) is 0 Å². The van der Waals surface area contributed by atoms with Crippen LogP contribution in [0.5, 0.6) is 0 Å². The van der Waals surface area contributed by atoms with Crippen molar-refractivity contribution in [2.45, 2.75) is 53.4 Å². The zero-order chi connectivity index (χ0) is 9.14. The van der Waals surface area contributed by atoms with E-state index in [0.717, 1.165) is 23.7 Å². The molecule has 2 atom stereocenters. The molecule has 12 heavy (non-hydrogen) atoms. The Hall–Kier alpha value is 0. The summed E-state index contributed by atoms with van der Waals surface area (Å²) in [6.45, 7) is 9.61. The van der Waals surface area contributed by atoms with Crippen molar-refractivity contribution in [1.29, 1.82) is 0 Å². The Morgan fingerprint density at radius 3 is 1.92 bits per heavy atom. The van der Waals surface area contributed by atoms with Gasteiger partial charge in [-0.3, -0.25) is 0 Å². The largest absolute Gasteiger partial charge is 0.0654 e. The average Bonchev–Trinajstić information content (AvgIpc) is 2.01. The lowest BCUT2D eigenvalue weighted by atomic mass is 9.69. The molecule has 72 valence electrons. The molecule has 0 bridgehead atoms. The van der Waals surface area contributed by atoms with Crippen LogP contribution in [-0.2, 0) is 0 Å². The van der Waals surface area contributed by atoms with Crippen LogP contribution >= 0.6 is 0 Å². The maximum absolute atomic E-state index is 2.43. The van der Waals surface area contributed by atoms with E-state index in [1.807, 2.05) is 0 Å². The summed E-state index contributed by atoms with van der Waals surface area (Å²) in [6.07, 6.45) is 5.80. The predicted molar refractivity (Wildman–Crippen MR) is 55.1 cm³/mol. The molecule has 0 nitrogen and oxygen atoms in total. The van der Waals surface area contributed by atoms with Gasteiger partial charge in [0.25, 0.3) is 0 Å².